The quantitative estimate of drug-likeness (QED) is 0.718. The van der Waals surface area contributed by atoms with Crippen LogP contribution in [-0.4, -0.2) is 74.0 Å². The lowest BCUT2D eigenvalue weighted by Gasteiger charge is -2.37. The lowest BCUT2D eigenvalue weighted by molar-refractivity contribution is 0.0557. The van der Waals surface area contributed by atoms with Gasteiger partial charge in [-0.2, -0.15) is 0 Å². The largest absolute Gasteiger partial charge is 0.394 e. The molecule has 0 radical (unpaired) electrons. The maximum absolute atomic E-state index is 8.70. The van der Waals surface area contributed by atoms with Crippen LogP contribution >= 0.6 is 0 Å². The number of hydrogen-bond donors (Lipinski definition) is 1. The molecule has 1 atom stereocenters. The third kappa shape index (κ3) is 5.68. The molecule has 1 unspecified atom stereocenters. The SMILES string of the molecule is CC1CCN(CC2CCCN(CCOCCO)C2)CC1. The van der Waals surface area contributed by atoms with Gasteiger partial charge in [-0.1, -0.05) is 6.92 Å². The lowest BCUT2D eigenvalue weighted by Crippen LogP contribution is -2.44. The minimum absolute atomic E-state index is 0.135. The number of rotatable bonds is 7. The summed E-state index contributed by atoms with van der Waals surface area (Å²) >= 11 is 0. The molecule has 0 aromatic heterocycles. The van der Waals surface area contributed by atoms with Gasteiger partial charge in [0.1, 0.15) is 0 Å². The molecular formula is C16H32N2O2. The van der Waals surface area contributed by atoms with Crippen LogP contribution in [0.5, 0.6) is 0 Å². The van der Waals surface area contributed by atoms with E-state index < -0.39 is 0 Å². The van der Waals surface area contributed by atoms with E-state index in [9.17, 15) is 0 Å². The molecule has 4 nitrogen and oxygen atoms in total. The number of aliphatic hydroxyl groups is 1. The second-order valence-electron chi connectivity index (χ2n) is 6.63. The maximum Gasteiger partial charge on any atom is 0.0698 e. The summed E-state index contributed by atoms with van der Waals surface area (Å²) in [6.07, 6.45) is 5.48. The highest BCUT2D eigenvalue weighted by Crippen LogP contribution is 2.21. The van der Waals surface area contributed by atoms with Gasteiger partial charge in [0.2, 0.25) is 0 Å². The third-order valence-electron chi connectivity index (χ3n) is 4.78. The first kappa shape index (κ1) is 16.2. The van der Waals surface area contributed by atoms with Gasteiger partial charge >= 0.3 is 0 Å². The summed E-state index contributed by atoms with van der Waals surface area (Å²) in [4.78, 5) is 5.22. The van der Waals surface area contributed by atoms with Crippen molar-refractivity contribution in [1.29, 1.82) is 0 Å². The molecule has 1 N–H and O–H groups in total. The van der Waals surface area contributed by atoms with Crippen molar-refractivity contribution in [3.8, 4) is 0 Å². The zero-order valence-electron chi connectivity index (χ0n) is 13.1. The van der Waals surface area contributed by atoms with E-state index in [-0.39, 0.29) is 6.61 Å². The monoisotopic (exact) mass is 284 g/mol. The fraction of sp³-hybridized carbons (Fsp3) is 1.00. The Morgan fingerprint density at radius 1 is 1.05 bits per heavy atom. The van der Waals surface area contributed by atoms with Crippen LogP contribution in [0.15, 0.2) is 0 Å². The van der Waals surface area contributed by atoms with E-state index in [1.54, 1.807) is 0 Å². The van der Waals surface area contributed by atoms with E-state index in [2.05, 4.69) is 16.7 Å². The molecule has 0 amide bonds. The fourth-order valence-electron chi connectivity index (χ4n) is 3.47. The van der Waals surface area contributed by atoms with Crippen molar-refractivity contribution >= 4 is 0 Å². The van der Waals surface area contributed by atoms with E-state index in [0.29, 0.717) is 6.61 Å². The number of nitrogens with zero attached hydrogens (tertiary/aromatic N) is 2. The lowest BCUT2D eigenvalue weighted by atomic mass is 9.94. The third-order valence-corrected chi connectivity index (χ3v) is 4.78. The maximum atomic E-state index is 8.70. The highest BCUT2D eigenvalue weighted by Gasteiger charge is 2.23. The second-order valence-corrected chi connectivity index (χ2v) is 6.63. The number of hydrogen-bond acceptors (Lipinski definition) is 4. The van der Waals surface area contributed by atoms with Crippen molar-refractivity contribution in [3.63, 3.8) is 0 Å². The van der Waals surface area contributed by atoms with Crippen molar-refractivity contribution in [3.05, 3.63) is 0 Å². The van der Waals surface area contributed by atoms with Crippen LogP contribution in [0.1, 0.15) is 32.6 Å². The molecule has 0 aromatic carbocycles. The predicted molar refractivity (Wildman–Crippen MR) is 81.9 cm³/mol. The highest BCUT2D eigenvalue weighted by atomic mass is 16.5. The summed E-state index contributed by atoms with van der Waals surface area (Å²) < 4.78 is 5.38. The molecule has 2 aliphatic heterocycles. The Morgan fingerprint density at radius 2 is 1.85 bits per heavy atom. The average Bonchev–Trinajstić information content (AvgIpc) is 2.47. The Bertz CT molecular complexity index is 255. The minimum atomic E-state index is 0.135. The molecule has 0 saturated carbocycles. The Labute approximate surface area is 124 Å². The van der Waals surface area contributed by atoms with Crippen LogP contribution in [0.4, 0.5) is 0 Å². The molecule has 0 spiro atoms. The van der Waals surface area contributed by atoms with Crippen LogP contribution < -0.4 is 0 Å². The number of ether oxygens (including phenoxy) is 1. The van der Waals surface area contributed by atoms with Gasteiger partial charge in [0.05, 0.1) is 19.8 Å². The van der Waals surface area contributed by atoms with Crippen molar-refractivity contribution in [2.24, 2.45) is 11.8 Å². The first-order chi connectivity index (χ1) is 9.78. The van der Waals surface area contributed by atoms with Gasteiger partial charge in [-0.25, -0.2) is 0 Å². The Hall–Kier alpha value is -0.160. The van der Waals surface area contributed by atoms with E-state index in [1.165, 1.54) is 58.4 Å². The smallest absolute Gasteiger partial charge is 0.0698 e. The van der Waals surface area contributed by atoms with E-state index >= 15 is 0 Å². The summed E-state index contributed by atoms with van der Waals surface area (Å²) in [5.41, 5.74) is 0. The zero-order chi connectivity index (χ0) is 14.2. The first-order valence-electron chi connectivity index (χ1n) is 8.41. The fourth-order valence-corrected chi connectivity index (χ4v) is 3.47. The normalized spacial score (nSPS) is 27.0. The van der Waals surface area contributed by atoms with E-state index in [1.807, 2.05) is 0 Å². The van der Waals surface area contributed by atoms with Crippen LogP contribution in [0, 0.1) is 11.8 Å². The minimum Gasteiger partial charge on any atom is -0.394 e. The molecule has 0 aliphatic carbocycles. The average molecular weight is 284 g/mol. The topological polar surface area (TPSA) is 35.9 Å². The molecular weight excluding hydrogens is 252 g/mol. The van der Waals surface area contributed by atoms with Crippen LogP contribution in [-0.2, 0) is 4.74 Å². The molecule has 0 bridgehead atoms. The van der Waals surface area contributed by atoms with Crippen molar-refractivity contribution in [1.82, 2.24) is 9.80 Å². The van der Waals surface area contributed by atoms with Gasteiger partial charge < -0.3 is 19.6 Å². The molecule has 0 aromatic rings. The second kappa shape index (κ2) is 8.98. The molecule has 2 aliphatic rings. The van der Waals surface area contributed by atoms with Crippen molar-refractivity contribution in [2.45, 2.75) is 32.6 Å². The first-order valence-corrected chi connectivity index (χ1v) is 8.41. The Morgan fingerprint density at radius 3 is 2.60 bits per heavy atom. The van der Waals surface area contributed by atoms with Gasteiger partial charge in [0.15, 0.2) is 0 Å². The molecule has 2 rings (SSSR count). The summed E-state index contributed by atoms with van der Waals surface area (Å²) in [5.74, 6) is 1.77. The summed E-state index contributed by atoms with van der Waals surface area (Å²) in [7, 11) is 0. The van der Waals surface area contributed by atoms with Crippen molar-refractivity contribution < 1.29 is 9.84 Å². The van der Waals surface area contributed by atoms with Gasteiger partial charge in [-0.3, -0.25) is 0 Å². The van der Waals surface area contributed by atoms with E-state index in [0.717, 1.165) is 25.0 Å². The van der Waals surface area contributed by atoms with Crippen LogP contribution in [0.2, 0.25) is 0 Å². The Kier molecular flexibility index (Phi) is 7.28. The standard InChI is InChI=1S/C16H32N2O2/c1-15-4-7-18(8-5-15)14-16-3-2-6-17(13-16)9-11-20-12-10-19/h15-16,19H,2-14H2,1H3. The Balaban J connectivity index is 1.62. The van der Waals surface area contributed by atoms with Crippen molar-refractivity contribution in [2.75, 3.05) is 59.1 Å². The number of likely N-dealkylation sites (tertiary alicyclic amines) is 2. The zero-order valence-corrected chi connectivity index (χ0v) is 13.1. The van der Waals surface area contributed by atoms with Gasteiger partial charge in [-0.05, 0) is 57.2 Å². The summed E-state index contributed by atoms with van der Waals surface area (Å²) in [6, 6.07) is 0. The highest BCUT2D eigenvalue weighted by molar-refractivity contribution is 4.78. The van der Waals surface area contributed by atoms with Crippen LogP contribution in [0.25, 0.3) is 0 Å². The molecule has 2 fully saturated rings. The molecule has 118 valence electrons. The molecule has 20 heavy (non-hydrogen) atoms. The van der Waals surface area contributed by atoms with Gasteiger partial charge in [-0.15, -0.1) is 0 Å². The van der Waals surface area contributed by atoms with Gasteiger partial charge in [0, 0.05) is 19.6 Å². The van der Waals surface area contributed by atoms with Gasteiger partial charge in [0.25, 0.3) is 0 Å². The van der Waals surface area contributed by atoms with Crippen LogP contribution in [0.3, 0.4) is 0 Å². The summed E-state index contributed by atoms with van der Waals surface area (Å²) in [5, 5.41) is 8.70. The number of aliphatic hydroxyl groups excluding tert-OH is 1. The van der Waals surface area contributed by atoms with E-state index in [4.69, 9.17) is 9.84 Å². The summed E-state index contributed by atoms with van der Waals surface area (Å²) in [6.45, 7) is 11.1. The molecule has 2 heterocycles. The number of piperidine rings is 2. The predicted octanol–water partition coefficient (Wildman–Crippen LogP) is 1.44. The molecule has 4 heteroatoms. The molecule has 2 saturated heterocycles.